The molecule has 0 aliphatic carbocycles. The van der Waals surface area contributed by atoms with E-state index < -0.39 is 12.2 Å². The number of aliphatic hydroxyl groups is 2. The van der Waals surface area contributed by atoms with Crippen molar-refractivity contribution in [1.82, 2.24) is 0 Å². The lowest BCUT2D eigenvalue weighted by molar-refractivity contribution is -0.141. The zero-order valence-corrected chi connectivity index (χ0v) is 12.9. The topological polar surface area (TPSA) is 66.8 Å². The Morgan fingerprint density at radius 1 is 1.26 bits per heavy atom. The van der Waals surface area contributed by atoms with Crippen molar-refractivity contribution < 1.29 is 19.7 Å². The zero-order valence-electron chi connectivity index (χ0n) is 12.9. The summed E-state index contributed by atoms with van der Waals surface area (Å²) in [5.74, 6) is -0.340. The summed E-state index contributed by atoms with van der Waals surface area (Å²) in [5, 5.41) is 19.8. The van der Waals surface area contributed by atoms with E-state index in [1.807, 2.05) is 36.4 Å². The molecule has 23 heavy (non-hydrogen) atoms. The van der Waals surface area contributed by atoms with Gasteiger partial charge >= 0.3 is 5.97 Å². The lowest BCUT2D eigenvalue weighted by Gasteiger charge is -2.15. The second-order valence-electron chi connectivity index (χ2n) is 5.50. The van der Waals surface area contributed by atoms with Gasteiger partial charge in [0.2, 0.25) is 0 Å². The van der Waals surface area contributed by atoms with Crippen LogP contribution in [0.15, 0.2) is 60.7 Å². The van der Waals surface area contributed by atoms with Crippen LogP contribution in [0.5, 0.6) is 0 Å². The maximum atomic E-state index is 11.1. The highest BCUT2D eigenvalue weighted by molar-refractivity contribution is 5.82. The van der Waals surface area contributed by atoms with Crippen LogP contribution in [-0.2, 0) is 9.53 Å². The molecule has 4 nitrogen and oxygen atoms in total. The molecule has 0 saturated heterocycles. The van der Waals surface area contributed by atoms with Gasteiger partial charge in [0.1, 0.15) is 6.10 Å². The van der Waals surface area contributed by atoms with Crippen LogP contribution < -0.4 is 0 Å². The highest BCUT2D eigenvalue weighted by atomic mass is 16.5. The van der Waals surface area contributed by atoms with Crippen LogP contribution in [0.4, 0.5) is 0 Å². The quantitative estimate of drug-likeness (QED) is 0.600. The number of aliphatic hydroxyl groups excluding tert-OH is 2. The molecule has 2 rings (SSSR count). The Bertz CT molecular complexity index is 574. The van der Waals surface area contributed by atoms with Gasteiger partial charge in [-0.1, -0.05) is 54.6 Å². The highest BCUT2D eigenvalue weighted by Crippen LogP contribution is 2.11. The first-order chi connectivity index (χ1) is 11.1. The van der Waals surface area contributed by atoms with Crippen LogP contribution in [0, 0.1) is 0 Å². The summed E-state index contributed by atoms with van der Waals surface area (Å²) in [6.07, 6.45) is 9.98. The molecule has 0 fully saturated rings. The Morgan fingerprint density at radius 2 is 2.04 bits per heavy atom. The van der Waals surface area contributed by atoms with Crippen LogP contribution >= 0.6 is 0 Å². The van der Waals surface area contributed by atoms with Gasteiger partial charge in [0.05, 0.1) is 12.2 Å². The van der Waals surface area contributed by atoms with Gasteiger partial charge in [-0.15, -0.1) is 0 Å². The van der Waals surface area contributed by atoms with Crippen LogP contribution in [0.2, 0.25) is 0 Å². The second kappa shape index (κ2) is 9.08. The number of benzene rings is 1. The molecule has 3 atom stereocenters. The predicted octanol–water partition coefficient (Wildman–Crippen LogP) is 2.63. The van der Waals surface area contributed by atoms with Crippen molar-refractivity contribution in [2.75, 3.05) is 0 Å². The monoisotopic (exact) mass is 314 g/mol. The van der Waals surface area contributed by atoms with E-state index >= 15 is 0 Å². The third-order valence-corrected chi connectivity index (χ3v) is 3.47. The number of hydrogen-bond acceptors (Lipinski definition) is 4. The van der Waals surface area contributed by atoms with Gasteiger partial charge in [0.15, 0.2) is 0 Å². The van der Waals surface area contributed by atoms with E-state index in [2.05, 4.69) is 0 Å². The number of hydrogen-bond donors (Lipinski definition) is 2. The van der Waals surface area contributed by atoms with E-state index in [-0.39, 0.29) is 18.5 Å². The smallest absolute Gasteiger partial charge is 0.331 e. The number of esters is 1. The van der Waals surface area contributed by atoms with Gasteiger partial charge in [-0.2, -0.15) is 0 Å². The van der Waals surface area contributed by atoms with Crippen molar-refractivity contribution in [2.45, 2.75) is 37.6 Å². The Labute approximate surface area is 136 Å². The van der Waals surface area contributed by atoms with Gasteiger partial charge in [-0.25, -0.2) is 4.79 Å². The van der Waals surface area contributed by atoms with Crippen molar-refractivity contribution >= 4 is 12.0 Å². The minimum atomic E-state index is -0.700. The molecule has 0 spiro atoms. The van der Waals surface area contributed by atoms with E-state index in [1.54, 1.807) is 24.3 Å². The largest absolute Gasteiger partial charge is 0.455 e. The van der Waals surface area contributed by atoms with Crippen LogP contribution in [0.25, 0.3) is 6.08 Å². The average Bonchev–Trinajstić information content (AvgIpc) is 2.54. The molecule has 0 radical (unpaired) electrons. The third-order valence-electron chi connectivity index (χ3n) is 3.47. The van der Waals surface area contributed by atoms with E-state index in [0.717, 1.165) is 5.56 Å². The van der Waals surface area contributed by atoms with E-state index in [4.69, 9.17) is 4.74 Å². The summed E-state index contributed by atoms with van der Waals surface area (Å²) in [6.45, 7) is 0. The van der Waals surface area contributed by atoms with Crippen LogP contribution in [0.1, 0.15) is 24.8 Å². The van der Waals surface area contributed by atoms with Gasteiger partial charge in [-0.05, 0) is 18.1 Å². The minimum Gasteiger partial charge on any atom is -0.455 e. The first-order valence-electron chi connectivity index (χ1n) is 7.76. The fourth-order valence-electron chi connectivity index (χ4n) is 2.28. The standard InChI is InChI=1S/C19H22O4/c20-16(8-4-9-18-10-5-11-19(22)23-18)14-17(21)13-12-15-6-2-1-3-7-15/h1-7,9,11-13,16-18,20-21H,8,10,14H2/b9-4+,13-12+. The summed E-state index contributed by atoms with van der Waals surface area (Å²) >= 11 is 0. The molecule has 1 aromatic carbocycles. The first-order valence-corrected chi connectivity index (χ1v) is 7.76. The van der Waals surface area contributed by atoms with E-state index in [0.29, 0.717) is 12.8 Å². The first kappa shape index (κ1) is 17.2. The molecule has 0 aromatic heterocycles. The van der Waals surface area contributed by atoms with E-state index in [1.165, 1.54) is 6.08 Å². The molecule has 3 unspecified atom stereocenters. The fraction of sp³-hybridized carbons (Fsp3) is 0.316. The highest BCUT2D eigenvalue weighted by Gasteiger charge is 2.13. The average molecular weight is 314 g/mol. The third kappa shape index (κ3) is 6.63. The lowest BCUT2D eigenvalue weighted by atomic mass is 10.1. The number of carbonyl (C=O) groups excluding carboxylic acids is 1. The van der Waals surface area contributed by atoms with Crippen molar-refractivity contribution in [3.63, 3.8) is 0 Å². The Morgan fingerprint density at radius 3 is 2.78 bits per heavy atom. The molecule has 4 heteroatoms. The van der Waals surface area contributed by atoms with Gasteiger partial charge in [0, 0.05) is 18.9 Å². The van der Waals surface area contributed by atoms with Crippen molar-refractivity contribution in [2.24, 2.45) is 0 Å². The van der Waals surface area contributed by atoms with Crippen molar-refractivity contribution in [3.8, 4) is 0 Å². The number of rotatable bonds is 7. The van der Waals surface area contributed by atoms with Crippen molar-refractivity contribution in [1.29, 1.82) is 0 Å². The minimum absolute atomic E-state index is 0.261. The molecule has 122 valence electrons. The molecule has 0 bridgehead atoms. The Balaban J connectivity index is 1.71. The Hall–Kier alpha value is -2.17. The van der Waals surface area contributed by atoms with Gasteiger partial charge < -0.3 is 14.9 Å². The van der Waals surface area contributed by atoms with Gasteiger partial charge in [-0.3, -0.25) is 0 Å². The predicted molar refractivity (Wildman–Crippen MR) is 89.5 cm³/mol. The summed E-state index contributed by atoms with van der Waals surface area (Å²) in [4.78, 5) is 11.1. The SMILES string of the molecule is O=C1C=CCC(/C=C/CC(O)CC(O)/C=C/c2ccccc2)O1. The van der Waals surface area contributed by atoms with Crippen molar-refractivity contribution in [3.05, 3.63) is 66.3 Å². The number of cyclic esters (lactones) is 1. The Kier molecular flexibility index (Phi) is 6.78. The number of ether oxygens (including phenoxy) is 1. The zero-order chi connectivity index (χ0) is 16.5. The molecule has 0 amide bonds. The molecule has 1 aromatic rings. The number of carbonyl (C=O) groups is 1. The second-order valence-corrected chi connectivity index (χ2v) is 5.50. The van der Waals surface area contributed by atoms with Crippen LogP contribution in [-0.4, -0.2) is 34.5 Å². The molecular weight excluding hydrogens is 292 g/mol. The van der Waals surface area contributed by atoms with E-state index in [9.17, 15) is 15.0 Å². The summed E-state index contributed by atoms with van der Waals surface area (Å²) in [7, 11) is 0. The maximum absolute atomic E-state index is 11.1. The molecule has 1 aliphatic rings. The molecular formula is C19H22O4. The lowest BCUT2D eigenvalue weighted by Crippen LogP contribution is -2.18. The molecule has 1 heterocycles. The maximum Gasteiger partial charge on any atom is 0.331 e. The summed E-state index contributed by atoms with van der Waals surface area (Å²) in [6, 6.07) is 9.69. The molecule has 1 aliphatic heterocycles. The summed E-state index contributed by atoms with van der Waals surface area (Å²) < 4.78 is 5.08. The molecule has 0 saturated carbocycles. The van der Waals surface area contributed by atoms with Gasteiger partial charge in [0.25, 0.3) is 0 Å². The molecule has 2 N–H and O–H groups in total. The fourth-order valence-corrected chi connectivity index (χ4v) is 2.28. The van der Waals surface area contributed by atoms with Crippen LogP contribution in [0.3, 0.4) is 0 Å². The summed E-state index contributed by atoms with van der Waals surface area (Å²) in [5.41, 5.74) is 1.01. The normalized spacial score (nSPS) is 20.8.